The van der Waals surface area contributed by atoms with E-state index in [4.69, 9.17) is 11.6 Å². The van der Waals surface area contributed by atoms with Crippen molar-refractivity contribution in [2.45, 2.75) is 19.1 Å². The maximum atomic E-state index is 12.5. The van der Waals surface area contributed by atoms with Crippen molar-refractivity contribution < 1.29 is 8.42 Å². The van der Waals surface area contributed by atoms with Gasteiger partial charge in [-0.1, -0.05) is 30.7 Å². The molecule has 112 valence electrons. The molecule has 0 atom stereocenters. The molecule has 0 aliphatic carbocycles. The van der Waals surface area contributed by atoms with Crippen molar-refractivity contribution in [3.63, 3.8) is 0 Å². The van der Waals surface area contributed by atoms with Crippen molar-refractivity contribution in [3.8, 4) is 0 Å². The van der Waals surface area contributed by atoms with E-state index in [-0.39, 0.29) is 5.75 Å². The van der Waals surface area contributed by atoms with Gasteiger partial charge >= 0.3 is 0 Å². The molecular weight excluding hydrogens is 296 g/mol. The molecule has 0 spiro atoms. The molecule has 20 heavy (non-hydrogen) atoms. The molecule has 1 heterocycles. The minimum atomic E-state index is -3.26. The number of likely N-dealkylation sites (N-methyl/N-ethyl adjacent to an activating group) is 1. The van der Waals surface area contributed by atoms with Crippen LogP contribution in [0.2, 0.25) is 5.02 Å². The Bertz CT molecular complexity index is 548. The van der Waals surface area contributed by atoms with Crippen molar-refractivity contribution >= 4 is 21.6 Å². The first-order valence-electron chi connectivity index (χ1n) is 6.96. The highest BCUT2D eigenvalue weighted by molar-refractivity contribution is 7.88. The summed E-state index contributed by atoms with van der Waals surface area (Å²) in [6.07, 6.45) is 0.891. The van der Waals surface area contributed by atoms with Crippen LogP contribution in [0.3, 0.4) is 0 Å². The van der Waals surface area contributed by atoms with Crippen LogP contribution in [0.25, 0.3) is 0 Å². The number of benzene rings is 1. The fourth-order valence-electron chi connectivity index (χ4n) is 2.47. The van der Waals surface area contributed by atoms with E-state index in [0.717, 1.165) is 31.6 Å². The second-order valence-electron chi connectivity index (χ2n) is 5.07. The summed E-state index contributed by atoms with van der Waals surface area (Å²) in [6.45, 7) is 6.05. The number of sulfonamides is 1. The number of rotatable bonds is 4. The van der Waals surface area contributed by atoms with Gasteiger partial charge in [0, 0.05) is 24.7 Å². The lowest BCUT2D eigenvalue weighted by Crippen LogP contribution is -2.35. The SMILES string of the molecule is CCN1CCCN(S(=O)(=O)Cc2cccc(Cl)c2)CC1. The molecule has 1 aromatic rings. The summed E-state index contributed by atoms with van der Waals surface area (Å²) in [5.74, 6) is 0.0275. The van der Waals surface area contributed by atoms with Crippen LogP contribution in [0.15, 0.2) is 24.3 Å². The predicted octanol–water partition coefficient (Wildman–Crippen LogP) is 2.20. The van der Waals surface area contributed by atoms with Gasteiger partial charge in [-0.25, -0.2) is 12.7 Å². The molecule has 1 saturated heterocycles. The standard InChI is InChI=1S/C14H21ClN2O2S/c1-2-16-7-4-8-17(10-9-16)20(18,19)12-13-5-3-6-14(15)11-13/h3,5-6,11H,2,4,7-10,12H2,1H3. The normalized spacial score (nSPS) is 18.9. The van der Waals surface area contributed by atoms with Gasteiger partial charge in [-0.05, 0) is 37.2 Å². The third-order valence-corrected chi connectivity index (χ3v) is 5.71. The van der Waals surface area contributed by atoms with Gasteiger partial charge in [0.1, 0.15) is 0 Å². The highest BCUT2D eigenvalue weighted by Crippen LogP contribution is 2.17. The van der Waals surface area contributed by atoms with Crippen molar-refractivity contribution in [1.29, 1.82) is 0 Å². The summed E-state index contributed by atoms with van der Waals surface area (Å²) in [5.41, 5.74) is 0.745. The average molecular weight is 317 g/mol. The third kappa shape index (κ3) is 4.19. The van der Waals surface area contributed by atoms with Crippen LogP contribution in [-0.4, -0.2) is 50.3 Å². The zero-order chi connectivity index (χ0) is 14.6. The summed E-state index contributed by atoms with van der Waals surface area (Å²) >= 11 is 5.91. The van der Waals surface area contributed by atoms with Gasteiger partial charge in [-0.2, -0.15) is 0 Å². The smallest absolute Gasteiger partial charge is 0.218 e. The third-order valence-electron chi connectivity index (χ3n) is 3.63. The topological polar surface area (TPSA) is 40.6 Å². The van der Waals surface area contributed by atoms with E-state index in [1.165, 1.54) is 0 Å². The van der Waals surface area contributed by atoms with E-state index < -0.39 is 10.0 Å². The molecule has 0 amide bonds. The first-order valence-corrected chi connectivity index (χ1v) is 8.94. The van der Waals surface area contributed by atoms with E-state index in [1.807, 2.05) is 0 Å². The Morgan fingerprint density at radius 3 is 2.70 bits per heavy atom. The second kappa shape index (κ2) is 6.89. The molecular formula is C14H21ClN2O2S. The van der Waals surface area contributed by atoms with Crippen molar-refractivity contribution in [2.75, 3.05) is 32.7 Å². The Morgan fingerprint density at radius 1 is 1.20 bits per heavy atom. The van der Waals surface area contributed by atoms with Gasteiger partial charge in [0.05, 0.1) is 5.75 Å². The molecule has 0 unspecified atom stereocenters. The van der Waals surface area contributed by atoms with Crippen LogP contribution in [-0.2, 0) is 15.8 Å². The van der Waals surface area contributed by atoms with Gasteiger partial charge in [-0.3, -0.25) is 0 Å². The van der Waals surface area contributed by atoms with Gasteiger partial charge in [-0.15, -0.1) is 0 Å². The van der Waals surface area contributed by atoms with Gasteiger partial charge in [0.2, 0.25) is 10.0 Å². The first-order chi connectivity index (χ1) is 9.51. The highest BCUT2D eigenvalue weighted by Gasteiger charge is 2.24. The Morgan fingerprint density at radius 2 is 2.00 bits per heavy atom. The summed E-state index contributed by atoms with van der Waals surface area (Å²) in [6, 6.07) is 7.06. The zero-order valence-electron chi connectivity index (χ0n) is 11.8. The minimum Gasteiger partial charge on any atom is -0.302 e. The lowest BCUT2D eigenvalue weighted by Gasteiger charge is -2.21. The maximum absolute atomic E-state index is 12.5. The number of hydrogen-bond acceptors (Lipinski definition) is 3. The zero-order valence-corrected chi connectivity index (χ0v) is 13.3. The lowest BCUT2D eigenvalue weighted by atomic mass is 10.2. The highest BCUT2D eigenvalue weighted by atomic mass is 35.5. The molecule has 1 aromatic carbocycles. The van der Waals surface area contributed by atoms with Gasteiger partial charge in [0.25, 0.3) is 0 Å². The number of hydrogen-bond donors (Lipinski definition) is 0. The largest absolute Gasteiger partial charge is 0.302 e. The molecule has 0 aromatic heterocycles. The molecule has 1 aliphatic rings. The van der Waals surface area contributed by atoms with Crippen LogP contribution in [0, 0.1) is 0 Å². The Kier molecular flexibility index (Phi) is 5.43. The molecule has 1 aliphatic heterocycles. The first kappa shape index (κ1) is 15.8. The fourth-order valence-corrected chi connectivity index (χ4v) is 4.23. The van der Waals surface area contributed by atoms with Crippen LogP contribution in [0.1, 0.15) is 18.9 Å². The second-order valence-corrected chi connectivity index (χ2v) is 7.48. The quantitative estimate of drug-likeness (QED) is 0.855. The predicted molar refractivity (Wildman–Crippen MR) is 82.4 cm³/mol. The molecule has 0 N–H and O–H groups in total. The molecule has 6 heteroatoms. The molecule has 0 saturated carbocycles. The summed E-state index contributed by atoms with van der Waals surface area (Å²) < 4.78 is 26.6. The van der Waals surface area contributed by atoms with Crippen LogP contribution < -0.4 is 0 Å². The maximum Gasteiger partial charge on any atom is 0.218 e. The van der Waals surface area contributed by atoms with Crippen LogP contribution in [0.5, 0.6) is 0 Å². The van der Waals surface area contributed by atoms with Crippen molar-refractivity contribution in [3.05, 3.63) is 34.9 Å². The van der Waals surface area contributed by atoms with E-state index >= 15 is 0 Å². The summed E-state index contributed by atoms with van der Waals surface area (Å²) in [5, 5.41) is 0.575. The van der Waals surface area contributed by atoms with E-state index in [0.29, 0.717) is 18.1 Å². The monoisotopic (exact) mass is 316 g/mol. The number of halogens is 1. The van der Waals surface area contributed by atoms with Crippen molar-refractivity contribution in [2.24, 2.45) is 0 Å². The van der Waals surface area contributed by atoms with E-state index in [2.05, 4.69) is 11.8 Å². The Labute approximate surface area is 126 Å². The van der Waals surface area contributed by atoms with Gasteiger partial charge < -0.3 is 4.90 Å². The Balaban J connectivity index is 2.06. The van der Waals surface area contributed by atoms with E-state index in [9.17, 15) is 8.42 Å². The summed E-state index contributed by atoms with van der Waals surface area (Å²) in [7, 11) is -3.26. The lowest BCUT2D eigenvalue weighted by molar-refractivity contribution is 0.301. The molecule has 0 bridgehead atoms. The molecule has 1 fully saturated rings. The minimum absolute atomic E-state index is 0.0275. The van der Waals surface area contributed by atoms with E-state index in [1.54, 1.807) is 28.6 Å². The molecule has 0 radical (unpaired) electrons. The number of nitrogens with zero attached hydrogens (tertiary/aromatic N) is 2. The van der Waals surface area contributed by atoms with Crippen LogP contribution in [0.4, 0.5) is 0 Å². The molecule has 2 rings (SSSR count). The Hall–Kier alpha value is -0.620. The average Bonchev–Trinajstić information content (AvgIpc) is 2.63. The molecule has 4 nitrogen and oxygen atoms in total. The van der Waals surface area contributed by atoms with Crippen LogP contribution >= 0.6 is 11.6 Å². The van der Waals surface area contributed by atoms with Gasteiger partial charge in [0.15, 0.2) is 0 Å². The summed E-state index contributed by atoms with van der Waals surface area (Å²) in [4.78, 5) is 2.29. The fraction of sp³-hybridized carbons (Fsp3) is 0.571. The van der Waals surface area contributed by atoms with Crippen molar-refractivity contribution in [1.82, 2.24) is 9.21 Å².